The van der Waals surface area contributed by atoms with Crippen LogP contribution in [0.1, 0.15) is 137 Å². The van der Waals surface area contributed by atoms with Crippen LogP contribution in [-0.2, 0) is 72.1 Å². The Morgan fingerprint density at radius 2 is 0.953 bits per heavy atom. The first-order chi connectivity index (χ1) is 30.2. The van der Waals surface area contributed by atoms with Crippen molar-refractivity contribution in [1.29, 1.82) is 0 Å². The molecule has 366 valence electrons. The zero-order chi connectivity index (χ0) is 49.0. The molecule has 4 atom stereocenters. The van der Waals surface area contributed by atoms with Crippen molar-refractivity contribution < 1.29 is 87.4 Å². The number of unbranched alkanes of at least 4 members (excludes halogenated alkanes) is 9. The van der Waals surface area contributed by atoms with Crippen LogP contribution in [0.2, 0.25) is 0 Å². The average molecular weight is 939 g/mol. The van der Waals surface area contributed by atoms with Crippen molar-refractivity contribution >= 4 is 78.5 Å². The van der Waals surface area contributed by atoms with Gasteiger partial charge in [0.1, 0.15) is 12.1 Å². The molecule has 25 heteroatoms. The van der Waals surface area contributed by atoms with Gasteiger partial charge in [-0.05, 0) is 38.5 Å². The van der Waals surface area contributed by atoms with Gasteiger partial charge in [0.15, 0.2) is 12.1 Å². The lowest BCUT2D eigenvalue weighted by Gasteiger charge is -2.24. The van der Waals surface area contributed by atoms with Gasteiger partial charge in [-0.15, -0.1) is 0 Å². The Hall–Kier alpha value is -5.56. The molecule has 0 bridgehead atoms. The molecule has 4 unspecified atom stereocenters. The second kappa shape index (κ2) is 36.9. The number of carboxylic acid groups (broad SMARTS) is 3. The van der Waals surface area contributed by atoms with E-state index < -0.39 is 96.5 Å². The molecule has 0 aromatic rings. The monoisotopic (exact) mass is 938 g/mol. The van der Waals surface area contributed by atoms with Crippen LogP contribution in [0.3, 0.4) is 0 Å². The highest BCUT2D eigenvalue weighted by molar-refractivity contribution is 7.80. The summed E-state index contributed by atoms with van der Waals surface area (Å²) in [5.74, 6) is -9.55. The summed E-state index contributed by atoms with van der Waals surface area (Å²) in [4.78, 5) is 146. The highest BCUT2D eigenvalue weighted by atomic mass is 32.1. The largest absolute Gasteiger partial charge is 0.480 e. The van der Waals surface area contributed by atoms with Crippen molar-refractivity contribution in [3.05, 3.63) is 0 Å². The van der Waals surface area contributed by atoms with Gasteiger partial charge in [0.25, 0.3) is 0 Å². The number of carbonyl (C=O) groups is 11. The molecule has 0 spiro atoms. The molecule has 0 aliphatic rings. The van der Waals surface area contributed by atoms with E-state index in [1.54, 1.807) is 0 Å². The molecule has 0 aliphatic carbocycles. The predicted octanol–water partition coefficient (Wildman–Crippen LogP) is 1.50. The molecule has 0 heterocycles. The molecule has 0 radical (unpaired) electrons. The molecule has 4 amide bonds. The second-order valence-corrected chi connectivity index (χ2v) is 14.5. The topological polar surface area (TPSA) is 340 Å². The summed E-state index contributed by atoms with van der Waals surface area (Å²) < 4.78 is 0. The minimum absolute atomic E-state index is 0.105. The second-order valence-electron chi connectivity index (χ2n) is 14.1. The lowest BCUT2D eigenvalue weighted by atomic mass is 10.1. The van der Waals surface area contributed by atoms with Gasteiger partial charge in [0.05, 0.1) is 0 Å². The minimum Gasteiger partial charge on any atom is -0.480 e. The minimum atomic E-state index is -1.72. The molecule has 0 aromatic carbocycles. The Balaban J connectivity index is 0. The first-order valence-electron chi connectivity index (χ1n) is 20.9. The molecular weight excluding hydrogens is 873 g/mol. The van der Waals surface area contributed by atoms with Crippen molar-refractivity contribution in [2.75, 3.05) is 18.8 Å². The highest BCUT2D eigenvalue weighted by Gasteiger charge is 2.34. The zero-order valence-electron chi connectivity index (χ0n) is 37.1. The van der Waals surface area contributed by atoms with Gasteiger partial charge in [0, 0.05) is 69.8 Å². The zero-order valence-corrected chi connectivity index (χ0v) is 38.0. The van der Waals surface area contributed by atoms with E-state index in [9.17, 15) is 63.0 Å². The van der Waals surface area contributed by atoms with Crippen LogP contribution in [-0.4, -0.2) is 135 Å². The fourth-order valence-electron chi connectivity index (χ4n) is 5.35. The van der Waals surface area contributed by atoms with Gasteiger partial charge in [0.2, 0.25) is 24.1 Å². The average Bonchev–Trinajstić information content (AvgIpc) is 3.18. The fourth-order valence-corrected chi connectivity index (χ4v) is 5.61. The van der Waals surface area contributed by atoms with Crippen LogP contribution in [0.5, 0.6) is 0 Å². The first kappa shape index (κ1) is 60.5. The van der Waals surface area contributed by atoms with E-state index in [0.717, 1.165) is 59.8 Å². The van der Waals surface area contributed by atoms with Crippen molar-refractivity contribution in [3.63, 3.8) is 0 Å². The SMILES string of the molecule is CCCCCCCCCCCNC(=O)C(CCCCNC(=O)CCC(C(=O)O)N(OC(C)=O)OC(C)=O)NC(=O)CCC(C(=O)O)N(OC(C)=O)OC(C)=O.O=CNC(CS)C(=O)O. The summed E-state index contributed by atoms with van der Waals surface area (Å²) in [5.41, 5.74) is 0. The molecule has 64 heavy (non-hydrogen) atoms. The third kappa shape index (κ3) is 32.2. The number of nitrogens with one attached hydrogen (secondary N) is 4. The van der Waals surface area contributed by atoms with Gasteiger partial charge in [-0.1, -0.05) is 58.3 Å². The molecule has 0 saturated carbocycles. The normalized spacial score (nSPS) is 12.4. The number of nitrogens with zero attached hydrogens (tertiary/aromatic N) is 2. The Bertz CT molecular complexity index is 1470. The molecule has 0 aliphatic heterocycles. The molecule has 0 saturated heterocycles. The standard InChI is InChI=1S/C35H59N5O15.C4H7NO3S/c1-6-7-8-9-10-11-12-13-15-23-37-33(47)28(38-32(46)21-19-30(35(50)51)40(54-26(4)43)55-27(5)44)17-14-16-22-36-31(45)20-18-29(34(48)49)39(52-24(2)41)53-25(3)42;6-2-5-3(1-9)4(7)8/h28-30H,6-23H2,1-5H3,(H,36,45)(H,37,47)(H,38,46)(H,48,49)(H,50,51);2-3,9H,1H2,(H,5,6)(H,7,8). The van der Waals surface area contributed by atoms with Crippen LogP contribution in [0, 0.1) is 0 Å². The number of hydroxylamine groups is 4. The Labute approximate surface area is 377 Å². The maximum Gasteiger partial charge on any atom is 0.328 e. The van der Waals surface area contributed by atoms with E-state index in [1.165, 1.54) is 25.7 Å². The third-order valence-corrected chi connectivity index (χ3v) is 8.83. The van der Waals surface area contributed by atoms with Crippen LogP contribution < -0.4 is 21.3 Å². The fraction of sp³-hybridized carbons (Fsp3) is 0.718. The van der Waals surface area contributed by atoms with Gasteiger partial charge >= 0.3 is 41.8 Å². The number of rotatable bonds is 35. The molecule has 0 aromatic heterocycles. The van der Waals surface area contributed by atoms with Crippen molar-refractivity contribution in [2.24, 2.45) is 0 Å². The molecule has 0 rings (SSSR count). The number of carbonyl (C=O) groups excluding carboxylic acids is 8. The molecule has 7 N–H and O–H groups in total. The number of carboxylic acids is 3. The number of amides is 4. The number of aliphatic carboxylic acids is 3. The molecule has 0 fully saturated rings. The third-order valence-electron chi connectivity index (χ3n) is 8.47. The molecule has 24 nitrogen and oxygen atoms in total. The number of hydrogen-bond acceptors (Lipinski definition) is 18. The number of thiol groups is 1. The van der Waals surface area contributed by atoms with Crippen LogP contribution in [0.15, 0.2) is 0 Å². The molecular formula is C39H66N6O18S. The smallest absolute Gasteiger partial charge is 0.328 e. The lowest BCUT2D eigenvalue weighted by Crippen LogP contribution is -2.48. The van der Waals surface area contributed by atoms with Crippen LogP contribution in [0.4, 0.5) is 0 Å². The van der Waals surface area contributed by atoms with Crippen molar-refractivity contribution in [2.45, 2.75) is 162 Å². The van der Waals surface area contributed by atoms with Crippen molar-refractivity contribution in [3.8, 4) is 0 Å². The van der Waals surface area contributed by atoms with Crippen molar-refractivity contribution in [1.82, 2.24) is 31.7 Å². The van der Waals surface area contributed by atoms with E-state index in [0.29, 0.717) is 25.8 Å². The summed E-state index contributed by atoms with van der Waals surface area (Å²) in [6.45, 7) is 6.55. The van der Waals surface area contributed by atoms with E-state index in [-0.39, 0.29) is 42.0 Å². The Morgan fingerprint density at radius 1 is 0.547 bits per heavy atom. The van der Waals surface area contributed by atoms with Gasteiger partial charge in [-0.2, -0.15) is 12.6 Å². The van der Waals surface area contributed by atoms with E-state index in [1.807, 2.05) is 0 Å². The summed E-state index contributed by atoms with van der Waals surface area (Å²) in [7, 11) is 0. The Kier molecular flexibility index (Phi) is 34.9. The van der Waals surface area contributed by atoms with Crippen LogP contribution >= 0.6 is 12.6 Å². The van der Waals surface area contributed by atoms with Gasteiger partial charge in [-0.3, -0.25) is 47.9 Å². The van der Waals surface area contributed by atoms with Gasteiger partial charge < -0.3 is 55.9 Å². The van der Waals surface area contributed by atoms with E-state index in [2.05, 4.69) is 60.2 Å². The predicted molar refractivity (Wildman–Crippen MR) is 226 cm³/mol. The lowest BCUT2D eigenvalue weighted by molar-refractivity contribution is -0.340. The quantitative estimate of drug-likeness (QED) is 0.0193. The van der Waals surface area contributed by atoms with E-state index in [4.69, 9.17) is 5.11 Å². The maximum absolute atomic E-state index is 13.1. The van der Waals surface area contributed by atoms with E-state index >= 15 is 0 Å². The summed E-state index contributed by atoms with van der Waals surface area (Å²) in [6.07, 6.45) is 9.35. The van der Waals surface area contributed by atoms with Gasteiger partial charge in [-0.25, -0.2) is 4.79 Å². The highest BCUT2D eigenvalue weighted by Crippen LogP contribution is 2.14. The van der Waals surface area contributed by atoms with Crippen LogP contribution in [0.25, 0.3) is 0 Å². The Morgan fingerprint density at radius 3 is 1.33 bits per heavy atom. The summed E-state index contributed by atoms with van der Waals surface area (Å²) >= 11 is 3.69. The maximum atomic E-state index is 13.1. The summed E-state index contributed by atoms with van der Waals surface area (Å²) in [5, 5.41) is 37.9. The summed E-state index contributed by atoms with van der Waals surface area (Å²) in [6, 6.07) is -5.27. The number of hydrogen-bond donors (Lipinski definition) is 8. The first-order valence-corrected chi connectivity index (χ1v) is 21.5.